The molecule has 1 N–H and O–H groups in total. The number of rotatable bonds is 6. The number of amides is 1. The average Bonchev–Trinajstić information content (AvgIpc) is 2.96. The molecule has 6 heteroatoms. The van der Waals surface area contributed by atoms with Crippen LogP contribution in [0.15, 0.2) is 28.8 Å². The van der Waals surface area contributed by atoms with Crippen LogP contribution in [0.25, 0.3) is 0 Å². The van der Waals surface area contributed by atoms with Crippen molar-refractivity contribution in [1.29, 1.82) is 0 Å². The summed E-state index contributed by atoms with van der Waals surface area (Å²) in [5.74, 6) is 0.160. The molecule has 0 unspecified atom stereocenters. The first-order valence-corrected chi connectivity index (χ1v) is 7.85. The summed E-state index contributed by atoms with van der Waals surface area (Å²) >= 11 is 0. The summed E-state index contributed by atoms with van der Waals surface area (Å²) < 4.78 is 9.90. The van der Waals surface area contributed by atoms with Crippen molar-refractivity contribution in [3.63, 3.8) is 0 Å². The predicted octanol–water partition coefficient (Wildman–Crippen LogP) is 2.87. The van der Waals surface area contributed by atoms with Gasteiger partial charge in [-0.2, -0.15) is 0 Å². The van der Waals surface area contributed by atoms with Crippen LogP contribution in [0.1, 0.15) is 57.5 Å². The van der Waals surface area contributed by atoms with Gasteiger partial charge >= 0.3 is 5.97 Å². The number of carbonyl (C=O) groups is 2. The molecule has 2 aromatic rings. The summed E-state index contributed by atoms with van der Waals surface area (Å²) in [6, 6.07) is 7.12. The summed E-state index contributed by atoms with van der Waals surface area (Å²) in [6.07, 6.45) is 0.661. The van der Waals surface area contributed by atoms with Crippen LogP contribution in [0.3, 0.4) is 0 Å². The van der Waals surface area contributed by atoms with E-state index in [-0.39, 0.29) is 17.8 Å². The third kappa shape index (κ3) is 4.01. The number of ether oxygens (including phenoxy) is 1. The first kappa shape index (κ1) is 17.7. The Hall–Kier alpha value is -2.63. The number of nitrogens with zero attached hydrogens (tertiary/aromatic N) is 1. The van der Waals surface area contributed by atoms with E-state index in [2.05, 4.69) is 15.2 Å². The van der Waals surface area contributed by atoms with Crippen LogP contribution in [0.4, 0.5) is 0 Å². The Morgan fingerprint density at radius 1 is 1.25 bits per heavy atom. The van der Waals surface area contributed by atoms with Crippen molar-refractivity contribution < 1.29 is 18.8 Å². The molecule has 2 rings (SSSR count). The number of hydrogen-bond acceptors (Lipinski definition) is 5. The first-order valence-electron chi connectivity index (χ1n) is 7.85. The lowest BCUT2D eigenvalue weighted by Crippen LogP contribution is -2.27. The second-order valence-electron chi connectivity index (χ2n) is 5.86. The minimum atomic E-state index is -0.362. The fourth-order valence-corrected chi connectivity index (χ4v) is 2.39. The maximum atomic E-state index is 12.4. The zero-order chi connectivity index (χ0) is 17.7. The zero-order valence-corrected chi connectivity index (χ0v) is 14.4. The molecule has 0 fully saturated rings. The van der Waals surface area contributed by atoms with E-state index in [0.29, 0.717) is 35.5 Å². The Labute approximate surface area is 141 Å². The van der Waals surface area contributed by atoms with Gasteiger partial charge in [0.15, 0.2) is 5.76 Å². The summed E-state index contributed by atoms with van der Waals surface area (Å²) in [6.45, 7) is 6.16. The van der Waals surface area contributed by atoms with Gasteiger partial charge in [-0.25, -0.2) is 4.79 Å². The molecule has 0 aliphatic carbocycles. The fraction of sp³-hybridized carbons (Fsp3) is 0.389. The molecule has 1 amide bonds. The maximum Gasteiger partial charge on any atom is 0.337 e. The second-order valence-corrected chi connectivity index (χ2v) is 5.86. The van der Waals surface area contributed by atoms with E-state index in [1.807, 2.05) is 26.0 Å². The standard InChI is InChI=1S/C18H22N2O4/c1-11(2)16-15(12(3)20-24-16)17(21)19-10-9-13-5-7-14(8-6-13)18(22)23-4/h5-8,11H,9-10H2,1-4H3,(H,19,21). The molecule has 0 saturated carbocycles. The molecule has 1 aromatic carbocycles. The highest BCUT2D eigenvalue weighted by Crippen LogP contribution is 2.21. The van der Waals surface area contributed by atoms with Crippen molar-refractivity contribution in [3.05, 3.63) is 52.4 Å². The quantitative estimate of drug-likeness (QED) is 0.824. The molecular formula is C18H22N2O4. The van der Waals surface area contributed by atoms with Crippen LogP contribution in [0.5, 0.6) is 0 Å². The Morgan fingerprint density at radius 3 is 2.50 bits per heavy atom. The van der Waals surface area contributed by atoms with Gasteiger partial charge in [-0.15, -0.1) is 0 Å². The molecule has 0 atom stereocenters. The second kappa shape index (κ2) is 7.77. The zero-order valence-electron chi connectivity index (χ0n) is 14.4. The molecule has 0 radical (unpaired) electrons. The SMILES string of the molecule is COC(=O)c1ccc(CCNC(=O)c2c(C)noc2C(C)C)cc1. The highest BCUT2D eigenvalue weighted by Gasteiger charge is 2.22. The van der Waals surface area contributed by atoms with E-state index in [1.165, 1.54) is 7.11 Å². The van der Waals surface area contributed by atoms with Crippen molar-refractivity contribution in [2.45, 2.75) is 33.1 Å². The number of aryl methyl sites for hydroxylation is 1. The van der Waals surface area contributed by atoms with Crippen molar-refractivity contribution in [3.8, 4) is 0 Å². The van der Waals surface area contributed by atoms with Gasteiger partial charge in [0.2, 0.25) is 0 Å². The van der Waals surface area contributed by atoms with Crippen molar-refractivity contribution >= 4 is 11.9 Å². The molecule has 6 nitrogen and oxygen atoms in total. The fourth-order valence-electron chi connectivity index (χ4n) is 2.39. The number of methoxy groups -OCH3 is 1. The van der Waals surface area contributed by atoms with Crippen LogP contribution in [-0.2, 0) is 11.2 Å². The monoisotopic (exact) mass is 330 g/mol. The summed E-state index contributed by atoms with van der Waals surface area (Å²) in [5, 5.41) is 6.77. The van der Waals surface area contributed by atoms with Crippen molar-refractivity contribution in [2.24, 2.45) is 0 Å². The first-order chi connectivity index (χ1) is 11.4. The molecule has 128 valence electrons. The van der Waals surface area contributed by atoms with Gasteiger partial charge in [0.25, 0.3) is 5.91 Å². The third-order valence-corrected chi connectivity index (χ3v) is 3.71. The Morgan fingerprint density at radius 2 is 1.92 bits per heavy atom. The minimum Gasteiger partial charge on any atom is -0.465 e. The lowest BCUT2D eigenvalue weighted by Gasteiger charge is -2.07. The molecular weight excluding hydrogens is 308 g/mol. The number of aromatic nitrogens is 1. The van der Waals surface area contributed by atoms with E-state index in [9.17, 15) is 9.59 Å². The number of hydrogen-bond donors (Lipinski definition) is 1. The summed E-state index contributed by atoms with van der Waals surface area (Å²) in [5.41, 5.74) is 2.64. The van der Waals surface area contributed by atoms with Gasteiger partial charge in [-0.1, -0.05) is 31.1 Å². The largest absolute Gasteiger partial charge is 0.465 e. The van der Waals surface area contributed by atoms with Crippen LogP contribution in [0, 0.1) is 6.92 Å². The highest BCUT2D eigenvalue weighted by atomic mass is 16.5. The lowest BCUT2D eigenvalue weighted by molar-refractivity contribution is 0.0600. The van der Waals surface area contributed by atoms with Crippen molar-refractivity contribution in [1.82, 2.24) is 10.5 Å². The van der Waals surface area contributed by atoms with Crippen LogP contribution < -0.4 is 5.32 Å². The average molecular weight is 330 g/mol. The lowest BCUT2D eigenvalue weighted by atomic mass is 10.0. The third-order valence-electron chi connectivity index (χ3n) is 3.71. The smallest absolute Gasteiger partial charge is 0.337 e. The van der Waals surface area contributed by atoms with E-state index < -0.39 is 0 Å². The van der Waals surface area contributed by atoms with Crippen LogP contribution >= 0.6 is 0 Å². The van der Waals surface area contributed by atoms with Crippen LogP contribution in [-0.4, -0.2) is 30.7 Å². The normalized spacial score (nSPS) is 10.7. The van der Waals surface area contributed by atoms with Gasteiger partial charge in [0.05, 0.1) is 18.4 Å². The Bertz CT molecular complexity index is 717. The summed E-state index contributed by atoms with van der Waals surface area (Å²) in [4.78, 5) is 23.7. The van der Waals surface area contributed by atoms with Gasteiger partial charge < -0.3 is 14.6 Å². The minimum absolute atomic E-state index is 0.0952. The molecule has 1 heterocycles. The van der Waals surface area contributed by atoms with Crippen molar-refractivity contribution in [2.75, 3.05) is 13.7 Å². The highest BCUT2D eigenvalue weighted by molar-refractivity contribution is 5.96. The van der Waals surface area contributed by atoms with E-state index in [1.54, 1.807) is 19.1 Å². The number of carbonyl (C=O) groups excluding carboxylic acids is 2. The maximum absolute atomic E-state index is 12.4. The van der Waals surface area contributed by atoms with E-state index in [4.69, 9.17) is 4.52 Å². The van der Waals surface area contributed by atoms with Gasteiger partial charge in [0, 0.05) is 12.5 Å². The topological polar surface area (TPSA) is 81.4 Å². The van der Waals surface area contributed by atoms with E-state index in [0.717, 1.165) is 5.56 Å². The Kier molecular flexibility index (Phi) is 5.73. The molecule has 0 aliphatic rings. The van der Waals surface area contributed by atoms with E-state index >= 15 is 0 Å². The molecule has 0 bridgehead atoms. The molecule has 0 saturated heterocycles. The molecule has 0 aliphatic heterocycles. The summed E-state index contributed by atoms with van der Waals surface area (Å²) in [7, 11) is 1.35. The molecule has 0 spiro atoms. The van der Waals surface area contributed by atoms with Gasteiger partial charge in [-0.05, 0) is 31.0 Å². The Balaban J connectivity index is 1.93. The number of esters is 1. The van der Waals surface area contributed by atoms with Gasteiger partial charge in [-0.3, -0.25) is 4.79 Å². The van der Waals surface area contributed by atoms with Gasteiger partial charge in [0.1, 0.15) is 5.56 Å². The number of benzene rings is 1. The number of nitrogens with one attached hydrogen (secondary N) is 1. The molecule has 1 aromatic heterocycles. The molecule has 24 heavy (non-hydrogen) atoms. The predicted molar refractivity (Wildman–Crippen MR) is 89.1 cm³/mol. The van der Waals surface area contributed by atoms with Crippen LogP contribution in [0.2, 0.25) is 0 Å².